The molecule has 2 bridgehead atoms. The third-order valence-corrected chi connectivity index (χ3v) is 4.68. The number of hydrogen-bond acceptors (Lipinski definition) is 3. The molecule has 2 saturated carbocycles. The fraction of sp³-hybridized carbons (Fsp3) is 0.786. The number of aliphatic hydroxyl groups is 1. The van der Waals surface area contributed by atoms with Gasteiger partial charge >= 0.3 is 12.1 Å². The van der Waals surface area contributed by atoms with E-state index >= 15 is 0 Å². The molecule has 2 aliphatic carbocycles. The SMILES string of the molecule is C=C(C)C(=O)OCCC1C2CCC1C(O)(C(F)(F)F)C2. The van der Waals surface area contributed by atoms with E-state index in [0.717, 1.165) is 0 Å². The molecule has 0 aromatic carbocycles. The van der Waals surface area contributed by atoms with E-state index in [2.05, 4.69) is 6.58 Å². The maximum Gasteiger partial charge on any atom is 0.417 e. The van der Waals surface area contributed by atoms with E-state index < -0.39 is 23.7 Å². The van der Waals surface area contributed by atoms with Gasteiger partial charge in [-0.25, -0.2) is 4.79 Å². The van der Waals surface area contributed by atoms with Crippen LogP contribution in [0.15, 0.2) is 12.2 Å². The Morgan fingerprint density at radius 3 is 2.60 bits per heavy atom. The Kier molecular flexibility index (Phi) is 3.88. The molecule has 0 spiro atoms. The van der Waals surface area contributed by atoms with Gasteiger partial charge in [-0.15, -0.1) is 0 Å². The van der Waals surface area contributed by atoms with Gasteiger partial charge in [0.1, 0.15) is 0 Å². The molecule has 0 amide bonds. The Balaban J connectivity index is 1.95. The fourth-order valence-corrected chi connectivity index (χ4v) is 3.72. The van der Waals surface area contributed by atoms with E-state index in [1.54, 1.807) is 0 Å². The number of hydrogen-bond donors (Lipinski definition) is 1. The number of rotatable bonds is 4. The molecule has 2 rings (SSSR count). The molecule has 114 valence electrons. The van der Waals surface area contributed by atoms with Gasteiger partial charge in [0.15, 0.2) is 5.60 Å². The van der Waals surface area contributed by atoms with E-state index in [1.165, 1.54) is 6.92 Å². The average Bonchev–Trinajstić information content (AvgIpc) is 2.82. The Morgan fingerprint density at radius 2 is 2.10 bits per heavy atom. The van der Waals surface area contributed by atoms with Gasteiger partial charge in [0, 0.05) is 5.57 Å². The van der Waals surface area contributed by atoms with Crippen LogP contribution in [-0.2, 0) is 9.53 Å². The lowest BCUT2D eigenvalue weighted by Gasteiger charge is -2.34. The van der Waals surface area contributed by atoms with Crippen LogP contribution in [0.25, 0.3) is 0 Å². The van der Waals surface area contributed by atoms with E-state index in [4.69, 9.17) is 4.74 Å². The van der Waals surface area contributed by atoms with Crippen LogP contribution >= 0.6 is 0 Å². The molecule has 3 nitrogen and oxygen atoms in total. The average molecular weight is 292 g/mol. The molecule has 4 unspecified atom stereocenters. The maximum absolute atomic E-state index is 13.0. The van der Waals surface area contributed by atoms with Gasteiger partial charge in [-0.2, -0.15) is 13.2 Å². The van der Waals surface area contributed by atoms with Crippen molar-refractivity contribution < 1.29 is 27.8 Å². The largest absolute Gasteiger partial charge is 0.462 e. The normalized spacial score (nSPS) is 36.1. The third kappa shape index (κ3) is 2.45. The minimum absolute atomic E-state index is 0.0807. The number of ether oxygens (including phenoxy) is 1. The highest BCUT2D eigenvalue weighted by atomic mass is 19.4. The number of fused-ring (bicyclic) bond motifs is 2. The molecule has 0 aromatic rings. The molecule has 0 aromatic heterocycles. The Hall–Kier alpha value is -1.04. The molecule has 20 heavy (non-hydrogen) atoms. The van der Waals surface area contributed by atoms with Crippen LogP contribution in [0.3, 0.4) is 0 Å². The molecule has 0 aliphatic heterocycles. The molecule has 2 fully saturated rings. The number of carbonyl (C=O) groups excluding carboxylic acids is 1. The van der Waals surface area contributed by atoms with Crippen LogP contribution in [0.5, 0.6) is 0 Å². The molecular weight excluding hydrogens is 273 g/mol. The summed E-state index contributed by atoms with van der Waals surface area (Å²) in [6, 6.07) is 0. The van der Waals surface area contributed by atoms with Crippen molar-refractivity contribution in [3.63, 3.8) is 0 Å². The second-order valence-corrected chi connectivity index (χ2v) is 5.94. The first-order chi connectivity index (χ1) is 9.17. The zero-order chi connectivity index (χ0) is 15.1. The highest BCUT2D eigenvalue weighted by molar-refractivity contribution is 5.86. The van der Waals surface area contributed by atoms with E-state index in [0.29, 0.717) is 19.3 Å². The van der Waals surface area contributed by atoms with Crippen molar-refractivity contribution in [2.75, 3.05) is 6.61 Å². The van der Waals surface area contributed by atoms with Crippen molar-refractivity contribution in [1.29, 1.82) is 0 Å². The lowest BCUT2D eigenvalue weighted by molar-refractivity contribution is -0.278. The van der Waals surface area contributed by atoms with Crippen molar-refractivity contribution in [3.8, 4) is 0 Å². The minimum atomic E-state index is -4.58. The van der Waals surface area contributed by atoms with E-state index in [9.17, 15) is 23.1 Å². The van der Waals surface area contributed by atoms with Crippen molar-refractivity contribution >= 4 is 5.97 Å². The summed E-state index contributed by atoms with van der Waals surface area (Å²) in [5.41, 5.74) is -2.29. The molecule has 4 atom stereocenters. The Bertz CT molecular complexity index is 418. The molecule has 2 aliphatic rings. The maximum atomic E-state index is 13.0. The second kappa shape index (κ2) is 5.06. The standard InChI is InChI=1S/C14H19F3O3/c1-8(2)12(18)20-6-5-10-9-3-4-11(10)13(19,7-9)14(15,16)17/h9-11,19H,1,3-7H2,2H3. The summed E-state index contributed by atoms with van der Waals surface area (Å²) in [5, 5.41) is 9.94. The van der Waals surface area contributed by atoms with Crippen molar-refractivity contribution in [2.24, 2.45) is 17.8 Å². The topological polar surface area (TPSA) is 46.5 Å². The van der Waals surface area contributed by atoms with Gasteiger partial charge < -0.3 is 9.84 Å². The predicted molar refractivity (Wildman–Crippen MR) is 65.7 cm³/mol. The van der Waals surface area contributed by atoms with Gasteiger partial charge in [0.05, 0.1) is 6.61 Å². The van der Waals surface area contributed by atoms with Crippen LogP contribution < -0.4 is 0 Å². The Morgan fingerprint density at radius 1 is 1.45 bits per heavy atom. The summed E-state index contributed by atoms with van der Waals surface area (Å²) in [5.74, 6) is -1.65. The molecule has 0 heterocycles. The van der Waals surface area contributed by atoms with Crippen LogP contribution in [0.4, 0.5) is 13.2 Å². The van der Waals surface area contributed by atoms with Gasteiger partial charge in [-0.1, -0.05) is 6.58 Å². The summed E-state index contributed by atoms with van der Waals surface area (Å²) >= 11 is 0. The first-order valence-electron chi connectivity index (χ1n) is 6.78. The predicted octanol–water partition coefficient (Wildman–Crippen LogP) is 2.84. The zero-order valence-electron chi connectivity index (χ0n) is 11.4. The summed E-state index contributed by atoms with van der Waals surface area (Å²) in [6.07, 6.45) is -3.34. The molecule has 0 radical (unpaired) electrons. The van der Waals surface area contributed by atoms with Crippen LogP contribution in [0.1, 0.15) is 32.6 Å². The van der Waals surface area contributed by atoms with Crippen LogP contribution in [0, 0.1) is 17.8 Å². The molecule has 0 saturated heterocycles. The summed E-state index contributed by atoms with van der Waals surface area (Å²) in [6.45, 7) is 5.04. The molecule has 1 N–H and O–H groups in total. The summed E-state index contributed by atoms with van der Waals surface area (Å²) in [4.78, 5) is 11.2. The Labute approximate surface area is 115 Å². The van der Waals surface area contributed by atoms with Gasteiger partial charge in [-0.05, 0) is 50.4 Å². The van der Waals surface area contributed by atoms with Crippen molar-refractivity contribution in [3.05, 3.63) is 12.2 Å². The van der Waals surface area contributed by atoms with Crippen LogP contribution in [0.2, 0.25) is 0 Å². The lowest BCUT2D eigenvalue weighted by atomic mass is 9.82. The lowest BCUT2D eigenvalue weighted by Crippen LogP contribution is -2.49. The number of carbonyl (C=O) groups is 1. The quantitative estimate of drug-likeness (QED) is 0.640. The first kappa shape index (κ1) is 15.4. The van der Waals surface area contributed by atoms with Gasteiger partial charge in [0.2, 0.25) is 0 Å². The van der Waals surface area contributed by atoms with Crippen LogP contribution in [-0.4, -0.2) is 29.5 Å². The fourth-order valence-electron chi connectivity index (χ4n) is 3.72. The monoisotopic (exact) mass is 292 g/mol. The number of alkyl halides is 3. The zero-order valence-corrected chi connectivity index (χ0v) is 11.4. The van der Waals surface area contributed by atoms with Crippen molar-refractivity contribution in [2.45, 2.75) is 44.4 Å². The molecule has 6 heteroatoms. The summed E-state index contributed by atoms with van der Waals surface area (Å²) < 4.78 is 43.9. The van der Waals surface area contributed by atoms with Gasteiger partial charge in [-0.3, -0.25) is 0 Å². The van der Waals surface area contributed by atoms with E-state index in [1.807, 2.05) is 0 Å². The highest BCUT2D eigenvalue weighted by Gasteiger charge is 2.67. The number of halogens is 3. The first-order valence-corrected chi connectivity index (χ1v) is 6.78. The third-order valence-electron chi connectivity index (χ3n) is 4.68. The van der Waals surface area contributed by atoms with Gasteiger partial charge in [0.25, 0.3) is 0 Å². The second-order valence-electron chi connectivity index (χ2n) is 5.94. The smallest absolute Gasteiger partial charge is 0.417 e. The highest BCUT2D eigenvalue weighted by Crippen LogP contribution is 2.60. The minimum Gasteiger partial charge on any atom is -0.462 e. The summed E-state index contributed by atoms with van der Waals surface area (Å²) in [7, 11) is 0. The molecular formula is C14H19F3O3. The van der Waals surface area contributed by atoms with E-state index in [-0.39, 0.29) is 30.4 Å². The number of esters is 1. The van der Waals surface area contributed by atoms with Crippen molar-refractivity contribution in [1.82, 2.24) is 0 Å².